The molecule has 1 aromatic carbocycles. The lowest BCUT2D eigenvalue weighted by Gasteiger charge is -2.17. The van der Waals surface area contributed by atoms with Crippen molar-refractivity contribution in [2.24, 2.45) is 5.73 Å². The fourth-order valence-corrected chi connectivity index (χ4v) is 3.90. The summed E-state index contributed by atoms with van der Waals surface area (Å²) in [5.74, 6) is 0. The minimum Gasteiger partial charge on any atom is -0.330 e. The number of aryl methyl sites for hydroxylation is 2. The van der Waals surface area contributed by atoms with Gasteiger partial charge in [0, 0.05) is 22.7 Å². The summed E-state index contributed by atoms with van der Waals surface area (Å²) in [5, 5.41) is 0. The summed E-state index contributed by atoms with van der Waals surface area (Å²) < 4.78 is 3.24. The Balaban J connectivity index is 1.92. The summed E-state index contributed by atoms with van der Waals surface area (Å²) in [7, 11) is 0. The van der Waals surface area contributed by atoms with Gasteiger partial charge in [-0.25, -0.2) is 4.98 Å². The number of hydrogen-bond donors (Lipinski definition) is 1. The molecule has 0 bridgehead atoms. The molecule has 1 aliphatic carbocycles. The van der Waals surface area contributed by atoms with Crippen LogP contribution in [-0.4, -0.2) is 15.9 Å². The first-order chi connectivity index (χ1) is 11.3. The number of rotatable bonds is 3. The molecule has 2 heterocycles. The van der Waals surface area contributed by atoms with Gasteiger partial charge in [0.2, 0.25) is 0 Å². The highest BCUT2D eigenvalue weighted by atomic mass is 79.9. The normalized spacial score (nSPS) is 14.2. The van der Waals surface area contributed by atoms with Crippen molar-refractivity contribution in [3.05, 3.63) is 57.8 Å². The fourth-order valence-electron chi connectivity index (χ4n) is 3.56. The van der Waals surface area contributed by atoms with Crippen molar-refractivity contribution >= 4 is 21.6 Å². The van der Waals surface area contributed by atoms with E-state index < -0.39 is 0 Å². The van der Waals surface area contributed by atoms with Gasteiger partial charge in [-0.15, -0.1) is 0 Å². The topological polar surface area (TPSA) is 43.3 Å². The second kappa shape index (κ2) is 6.10. The van der Waals surface area contributed by atoms with Gasteiger partial charge in [-0.3, -0.25) is 4.40 Å². The number of imidazole rings is 1. The number of halogens is 1. The third kappa shape index (κ3) is 2.70. The van der Waals surface area contributed by atoms with Gasteiger partial charge in [-0.05, 0) is 77.5 Å². The van der Waals surface area contributed by atoms with E-state index in [2.05, 4.69) is 44.7 Å². The third-order valence-electron chi connectivity index (χ3n) is 4.66. The Hall–Kier alpha value is -1.65. The molecule has 4 heteroatoms. The van der Waals surface area contributed by atoms with Gasteiger partial charge in [0.15, 0.2) is 0 Å². The summed E-state index contributed by atoms with van der Waals surface area (Å²) in [6.07, 6.45) is 7.90. The predicted molar refractivity (Wildman–Crippen MR) is 97.7 cm³/mol. The second-order valence-electron chi connectivity index (χ2n) is 6.21. The first kappa shape index (κ1) is 14.9. The molecule has 23 heavy (non-hydrogen) atoms. The Morgan fingerprint density at radius 3 is 2.74 bits per heavy atom. The standard InChI is InChI=1S/C19H20BrN3/c20-16-7-8-18-22-17(9-10-21)19(23(18)12-16)15-6-5-13-3-1-2-4-14(13)11-15/h5-8,11-12H,1-4,9-10,21H2. The zero-order chi connectivity index (χ0) is 15.8. The zero-order valence-electron chi connectivity index (χ0n) is 13.1. The molecule has 4 rings (SSSR count). The summed E-state index contributed by atoms with van der Waals surface area (Å²) in [6.45, 7) is 0.614. The molecule has 0 saturated carbocycles. The van der Waals surface area contributed by atoms with E-state index in [9.17, 15) is 0 Å². The van der Waals surface area contributed by atoms with Gasteiger partial charge in [-0.2, -0.15) is 0 Å². The van der Waals surface area contributed by atoms with E-state index in [1.807, 2.05) is 12.1 Å². The molecular weight excluding hydrogens is 350 g/mol. The van der Waals surface area contributed by atoms with Crippen LogP contribution in [0.2, 0.25) is 0 Å². The minimum absolute atomic E-state index is 0.614. The molecular formula is C19H20BrN3. The van der Waals surface area contributed by atoms with E-state index in [1.54, 1.807) is 0 Å². The molecule has 0 aliphatic heterocycles. The fraction of sp³-hybridized carbons (Fsp3) is 0.316. The van der Waals surface area contributed by atoms with Gasteiger partial charge in [0.1, 0.15) is 5.65 Å². The van der Waals surface area contributed by atoms with Gasteiger partial charge in [0.05, 0.1) is 11.4 Å². The molecule has 2 N–H and O–H groups in total. The lowest BCUT2D eigenvalue weighted by Crippen LogP contribution is -2.05. The molecule has 3 aromatic rings. The Labute approximate surface area is 144 Å². The number of benzene rings is 1. The maximum absolute atomic E-state index is 5.81. The first-order valence-electron chi connectivity index (χ1n) is 8.25. The first-order valence-corrected chi connectivity index (χ1v) is 9.04. The van der Waals surface area contributed by atoms with Gasteiger partial charge < -0.3 is 5.73 Å². The predicted octanol–water partition coefficient (Wildman–Crippen LogP) is 4.14. The third-order valence-corrected chi connectivity index (χ3v) is 5.13. The Kier molecular flexibility index (Phi) is 3.95. The molecule has 0 unspecified atom stereocenters. The van der Waals surface area contributed by atoms with E-state index in [1.165, 1.54) is 48.1 Å². The van der Waals surface area contributed by atoms with E-state index in [0.29, 0.717) is 6.54 Å². The molecule has 2 aromatic heterocycles. The zero-order valence-corrected chi connectivity index (χ0v) is 14.6. The van der Waals surface area contributed by atoms with Crippen LogP contribution in [0.3, 0.4) is 0 Å². The van der Waals surface area contributed by atoms with Crippen LogP contribution in [-0.2, 0) is 19.3 Å². The number of aromatic nitrogens is 2. The molecule has 0 spiro atoms. The van der Waals surface area contributed by atoms with Crippen LogP contribution < -0.4 is 5.73 Å². The number of nitrogens with zero attached hydrogens (tertiary/aromatic N) is 2. The number of hydrogen-bond acceptors (Lipinski definition) is 2. The van der Waals surface area contributed by atoms with Crippen LogP contribution in [0.15, 0.2) is 41.0 Å². The van der Waals surface area contributed by atoms with Gasteiger partial charge in [0.25, 0.3) is 0 Å². The quantitative estimate of drug-likeness (QED) is 0.753. The molecule has 118 valence electrons. The average Bonchev–Trinajstić information content (AvgIpc) is 2.92. The SMILES string of the molecule is NCCc1nc2ccc(Br)cn2c1-c1ccc2c(c1)CCCC2. The van der Waals surface area contributed by atoms with E-state index >= 15 is 0 Å². The van der Waals surface area contributed by atoms with Gasteiger partial charge >= 0.3 is 0 Å². The average molecular weight is 370 g/mol. The molecule has 1 aliphatic rings. The summed E-state index contributed by atoms with van der Waals surface area (Å²) >= 11 is 3.57. The highest BCUT2D eigenvalue weighted by Gasteiger charge is 2.16. The van der Waals surface area contributed by atoms with Gasteiger partial charge in [-0.1, -0.05) is 12.1 Å². The van der Waals surface area contributed by atoms with Crippen molar-refractivity contribution in [3.8, 4) is 11.3 Å². The van der Waals surface area contributed by atoms with Crippen molar-refractivity contribution in [1.29, 1.82) is 0 Å². The molecule has 0 saturated heterocycles. The highest BCUT2D eigenvalue weighted by Crippen LogP contribution is 2.31. The van der Waals surface area contributed by atoms with Crippen LogP contribution in [0.5, 0.6) is 0 Å². The molecule has 0 amide bonds. The Bertz CT molecular complexity index is 866. The smallest absolute Gasteiger partial charge is 0.137 e. The largest absolute Gasteiger partial charge is 0.330 e. The van der Waals surface area contributed by atoms with Crippen LogP contribution >= 0.6 is 15.9 Å². The van der Waals surface area contributed by atoms with Crippen molar-refractivity contribution in [1.82, 2.24) is 9.38 Å². The van der Waals surface area contributed by atoms with E-state index in [4.69, 9.17) is 10.7 Å². The van der Waals surface area contributed by atoms with Crippen molar-refractivity contribution in [3.63, 3.8) is 0 Å². The molecule has 0 radical (unpaired) electrons. The number of nitrogens with two attached hydrogens (primary N) is 1. The maximum Gasteiger partial charge on any atom is 0.137 e. The Morgan fingerprint density at radius 1 is 1.09 bits per heavy atom. The van der Waals surface area contributed by atoms with Crippen molar-refractivity contribution < 1.29 is 0 Å². The maximum atomic E-state index is 5.81. The summed E-state index contributed by atoms with van der Waals surface area (Å²) in [6, 6.07) is 11.0. The monoisotopic (exact) mass is 369 g/mol. The van der Waals surface area contributed by atoms with E-state index in [0.717, 1.165) is 22.2 Å². The van der Waals surface area contributed by atoms with Crippen LogP contribution in [0.4, 0.5) is 0 Å². The summed E-state index contributed by atoms with van der Waals surface area (Å²) in [4.78, 5) is 4.79. The lowest BCUT2D eigenvalue weighted by atomic mass is 9.89. The lowest BCUT2D eigenvalue weighted by molar-refractivity contribution is 0.686. The molecule has 3 nitrogen and oxygen atoms in total. The molecule has 0 fully saturated rings. The van der Waals surface area contributed by atoms with Crippen LogP contribution in [0.1, 0.15) is 29.7 Å². The molecule has 0 atom stereocenters. The van der Waals surface area contributed by atoms with E-state index in [-0.39, 0.29) is 0 Å². The number of fused-ring (bicyclic) bond motifs is 2. The van der Waals surface area contributed by atoms with Crippen LogP contribution in [0, 0.1) is 0 Å². The van der Waals surface area contributed by atoms with Crippen LogP contribution in [0.25, 0.3) is 16.9 Å². The number of pyridine rings is 1. The van der Waals surface area contributed by atoms with Crippen molar-refractivity contribution in [2.45, 2.75) is 32.1 Å². The minimum atomic E-state index is 0.614. The summed E-state index contributed by atoms with van der Waals surface area (Å²) in [5.41, 5.74) is 13.3. The Morgan fingerprint density at radius 2 is 1.91 bits per heavy atom. The second-order valence-corrected chi connectivity index (χ2v) is 7.13. The van der Waals surface area contributed by atoms with Crippen molar-refractivity contribution in [2.75, 3.05) is 6.54 Å². The highest BCUT2D eigenvalue weighted by molar-refractivity contribution is 9.10.